The second-order valence-electron chi connectivity index (χ2n) is 17.8. The number of nitrogens with one attached hydrogen (secondary N) is 1. The van der Waals surface area contributed by atoms with Gasteiger partial charge in [-0.1, -0.05) is 79.2 Å². The van der Waals surface area contributed by atoms with E-state index in [0.717, 1.165) is 37.5 Å². The molecule has 5 fully saturated rings. The molecular weight excluding hydrogens is 502 g/mol. The lowest BCUT2D eigenvalue weighted by atomic mass is 9.36. The van der Waals surface area contributed by atoms with Crippen LogP contribution in [0.2, 0.25) is 0 Å². The summed E-state index contributed by atoms with van der Waals surface area (Å²) >= 11 is 0. The Balaban J connectivity index is 1.18. The van der Waals surface area contributed by atoms with Gasteiger partial charge in [0.1, 0.15) is 0 Å². The van der Waals surface area contributed by atoms with Gasteiger partial charge in [0, 0.05) is 6.54 Å². The predicted molar refractivity (Wildman–Crippen MR) is 168 cm³/mol. The van der Waals surface area contributed by atoms with Crippen molar-refractivity contribution < 1.29 is 9.90 Å². The predicted octanol–water partition coefficient (Wildman–Crippen LogP) is 8.72. The fourth-order valence-electron chi connectivity index (χ4n) is 12.4. The molecule has 9 unspecified atom stereocenters. The van der Waals surface area contributed by atoms with Gasteiger partial charge in [0.2, 0.25) is 5.91 Å². The van der Waals surface area contributed by atoms with Crippen molar-refractivity contribution in [1.29, 1.82) is 0 Å². The van der Waals surface area contributed by atoms with E-state index in [1.54, 1.807) is 0 Å². The summed E-state index contributed by atoms with van der Waals surface area (Å²) in [7, 11) is 0. The first-order valence-corrected chi connectivity index (χ1v) is 17.2. The first kappa shape index (κ1) is 29.7. The fraction of sp³-hybridized carbons (Fsp3) is 0.816. The van der Waals surface area contributed by atoms with E-state index < -0.39 is 0 Å². The number of carbonyl (C=O) groups excluding carboxylic acids is 1. The van der Waals surface area contributed by atoms with Crippen molar-refractivity contribution >= 4 is 5.91 Å². The summed E-state index contributed by atoms with van der Waals surface area (Å²) in [5.74, 6) is 3.75. The van der Waals surface area contributed by atoms with E-state index in [1.807, 2.05) is 0 Å². The summed E-state index contributed by atoms with van der Waals surface area (Å²) in [4.78, 5) is 14.1. The molecule has 0 heterocycles. The Morgan fingerprint density at radius 1 is 0.854 bits per heavy atom. The normalized spacial score (nSPS) is 43.3. The monoisotopic (exact) mass is 561 g/mol. The van der Waals surface area contributed by atoms with Gasteiger partial charge in [-0.05, 0) is 133 Å². The molecule has 1 amide bonds. The third-order valence-corrected chi connectivity index (χ3v) is 14.1. The van der Waals surface area contributed by atoms with Gasteiger partial charge < -0.3 is 10.4 Å². The number of hydrogen-bond acceptors (Lipinski definition) is 2. The molecule has 0 aliphatic heterocycles. The van der Waals surface area contributed by atoms with E-state index in [9.17, 15) is 9.90 Å². The molecule has 5 saturated carbocycles. The third kappa shape index (κ3) is 4.74. The maximum absolute atomic E-state index is 14.1. The molecule has 0 radical (unpaired) electrons. The van der Waals surface area contributed by atoms with Gasteiger partial charge in [0.25, 0.3) is 0 Å². The van der Waals surface area contributed by atoms with Gasteiger partial charge in [-0.2, -0.15) is 0 Å². The summed E-state index contributed by atoms with van der Waals surface area (Å²) < 4.78 is 0. The number of fused-ring (bicyclic) bond motifs is 7. The SMILES string of the molecule is CC(C)(C)Cc1cccc(CNC(=O)C23CCCC2C2CCC4C(C)(CCC5C(C)(C)C(O)CCC54C)C2CC3)c1. The summed E-state index contributed by atoms with van der Waals surface area (Å²) in [6, 6.07) is 8.87. The molecule has 2 N–H and O–H groups in total. The minimum atomic E-state index is -0.158. The fourth-order valence-corrected chi connectivity index (χ4v) is 12.4. The van der Waals surface area contributed by atoms with Crippen LogP contribution < -0.4 is 5.32 Å². The number of carbonyl (C=O) groups is 1. The molecule has 41 heavy (non-hydrogen) atoms. The molecule has 9 atom stereocenters. The largest absolute Gasteiger partial charge is 0.393 e. The van der Waals surface area contributed by atoms with E-state index in [2.05, 4.69) is 78.0 Å². The van der Waals surface area contributed by atoms with Crippen LogP contribution in [0.5, 0.6) is 0 Å². The van der Waals surface area contributed by atoms with Crippen LogP contribution in [0.3, 0.4) is 0 Å². The van der Waals surface area contributed by atoms with Gasteiger partial charge in [0.05, 0.1) is 11.5 Å². The highest BCUT2D eigenvalue weighted by Gasteiger charge is 2.67. The maximum Gasteiger partial charge on any atom is 0.226 e. The van der Waals surface area contributed by atoms with Crippen LogP contribution in [0.25, 0.3) is 0 Å². The Hall–Kier alpha value is -1.35. The molecule has 3 heteroatoms. The molecular formula is C38H59NO2. The lowest BCUT2D eigenvalue weighted by Gasteiger charge is -2.69. The third-order valence-electron chi connectivity index (χ3n) is 14.1. The van der Waals surface area contributed by atoms with Crippen molar-refractivity contribution in [2.75, 3.05) is 0 Å². The zero-order chi connectivity index (χ0) is 29.4. The summed E-state index contributed by atoms with van der Waals surface area (Å²) in [6.45, 7) is 17.5. The van der Waals surface area contributed by atoms with Crippen LogP contribution >= 0.6 is 0 Å². The van der Waals surface area contributed by atoms with Crippen molar-refractivity contribution in [3.63, 3.8) is 0 Å². The zero-order valence-corrected chi connectivity index (χ0v) is 27.3. The highest BCUT2D eigenvalue weighted by Crippen LogP contribution is 2.73. The summed E-state index contributed by atoms with van der Waals surface area (Å²) in [5.41, 5.74) is 3.45. The van der Waals surface area contributed by atoms with Crippen LogP contribution in [0, 0.1) is 56.7 Å². The van der Waals surface area contributed by atoms with Crippen molar-refractivity contribution in [2.24, 2.45) is 56.7 Å². The first-order chi connectivity index (χ1) is 19.2. The highest BCUT2D eigenvalue weighted by atomic mass is 16.3. The number of aliphatic hydroxyl groups is 1. The van der Waals surface area contributed by atoms with Crippen LogP contribution in [0.15, 0.2) is 24.3 Å². The molecule has 6 rings (SSSR count). The molecule has 5 aliphatic carbocycles. The molecule has 1 aromatic carbocycles. The summed E-state index contributed by atoms with van der Waals surface area (Å²) in [6.07, 6.45) is 14.1. The number of amides is 1. The van der Waals surface area contributed by atoms with Crippen molar-refractivity contribution in [3.8, 4) is 0 Å². The number of benzene rings is 1. The molecule has 0 spiro atoms. The van der Waals surface area contributed by atoms with E-state index in [1.165, 1.54) is 62.5 Å². The van der Waals surface area contributed by atoms with Crippen LogP contribution in [-0.4, -0.2) is 17.1 Å². The Bertz CT molecular complexity index is 1150. The number of rotatable bonds is 4. The molecule has 1 aromatic rings. The lowest BCUT2D eigenvalue weighted by molar-refractivity contribution is -0.214. The molecule has 0 bridgehead atoms. The topological polar surface area (TPSA) is 49.3 Å². The molecule has 3 nitrogen and oxygen atoms in total. The molecule has 228 valence electrons. The van der Waals surface area contributed by atoms with Gasteiger partial charge in [-0.25, -0.2) is 0 Å². The van der Waals surface area contributed by atoms with Gasteiger partial charge in [0.15, 0.2) is 0 Å². The van der Waals surface area contributed by atoms with Crippen LogP contribution in [0.4, 0.5) is 0 Å². The smallest absolute Gasteiger partial charge is 0.226 e. The Morgan fingerprint density at radius 3 is 2.34 bits per heavy atom. The molecule has 5 aliphatic rings. The average molecular weight is 562 g/mol. The Morgan fingerprint density at radius 2 is 1.59 bits per heavy atom. The van der Waals surface area contributed by atoms with Crippen molar-refractivity contribution in [1.82, 2.24) is 5.32 Å². The summed E-state index contributed by atoms with van der Waals surface area (Å²) in [5, 5.41) is 14.4. The second-order valence-corrected chi connectivity index (χ2v) is 17.8. The van der Waals surface area contributed by atoms with Crippen molar-refractivity contribution in [3.05, 3.63) is 35.4 Å². The number of aliphatic hydroxyl groups excluding tert-OH is 1. The van der Waals surface area contributed by atoms with Crippen LogP contribution in [0.1, 0.15) is 130 Å². The van der Waals surface area contributed by atoms with Gasteiger partial charge in [-0.3, -0.25) is 4.79 Å². The Kier molecular flexibility index (Phi) is 7.32. The van der Waals surface area contributed by atoms with E-state index >= 15 is 0 Å². The standard InChI is InChI=1S/C38H59NO2/c1-34(2,3)23-25-10-8-11-26(22-25)24-39-33(41)38-18-9-12-29(38)27-13-14-31-36(6,28(27)15-21-38)19-16-30-35(4,5)32(40)17-20-37(30,31)7/h8,10-11,22,27-32,40H,9,12-21,23-24H2,1-7H3,(H,39,41). The molecule has 0 aromatic heterocycles. The number of hydrogen-bond donors (Lipinski definition) is 2. The van der Waals surface area contributed by atoms with E-state index in [4.69, 9.17) is 0 Å². The average Bonchev–Trinajstić information content (AvgIpc) is 3.35. The minimum absolute atomic E-state index is 0.0166. The highest BCUT2D eigenvalue weighted by molar-refractivity contribution is 5.83. The Labute approximate surface area is 251 Å². The van der Waals surface area contributed by atoms with Gasteiger partial charge in [-0.15, -0.1) is 0 Å². The zero-order valence-electron chi connectivity index (χ0n) is 27.3. The van der Waals surface area contributed by atoms with Crippen LogP contribution in [-0.2, 0) is 17.8 Å². The second kappa shape index (κ2) is 10.1. The maximum atomic E-state index is 14.1. The van der Waals surface area contributed by atoms with E-state index in [-0.39, 0.29) is 22.3 Å². The first-order valence-electron chi connectivity index (χ1n) is 17.2. The quantitative estimate of drug-likeness (QED) is 0.386. The van der Waals surface area contributed by atoms with Crippen molar-refractivity contribution in [2.45, 2.75) is 138 Å². The minimum Gasteiger partial charge on any atom is -0.393 e. The molecule has 0 saturated heterocycles. The lowest BCUT2D eigenvalue weighted by Crippen LogP contribution is -2.63. The van der Waals surface area contributed by atoms with Gasteiger partial charge >= 0.3 is 0 Å². The van der Waals surface area contributed by atoms with E-state index in [0.29, 0.717) is 41.0 Å².